The van der Waals surface area contributed by atoms with Gasteiger partial charge in [-0.2, -0.15) is 4.98 Å². The van der Waals surface area contributed by atoms with E-state index in [-0.39, 0.29) is 17.1 Å². The van der Waals surface area contributed by atoms with Gasteiger partial charge in [-0.3, -0.25) is 14.3 Å². The quantitative estimate of drug-likeness (QED) is 0.283. The van der Waals surface area contributed by atoms with Crippen molar-refractivity contribution in [1.29, 1.82) is 0 Å². The maximum Gasteiger partial charge on any atom is 0.280 e. The number of rotatable bonds is 5. The number of H-pyrrole nitrogens is 1. The number of nitrogens with two attached hydrogens (primary N) is 1. The third kappa shape index (κ3) is 3.92. The minimum absolute atomic E-state index is 0.0192. The predicted molar refractivity (Wildman–Crippen MR) is 96.7 cm³/mol. The zero-order valence-electron chi connectivity index (χ0n) is 13.8. The maximum atomic E-state index is 12.0. The molecule has 0 radical (unpaired) electrons. The van der Waals surface area contributed by atoms with E-state index in [1.807, 2.05) is 0 Å². The second-order valence-electron chi connectivity index (χ2n) is 6.01. The van der Waals surface area contributed by atoms with Crippen LogP contribution in [0.1, 0.15) is 6.23 Å². The zero-order chi connectivity index (χ0) is 20.8. The summed E-state index contributed by atoms with van der Waals surface area (Å²) in [4.78, 5) is 22.1. The third-order valence-corrected chi connectivity index (χ3v) is 4.62. The topological polar surface area (TPSA) is 189 Å². The third-order valence-electron chi connectivity index (χ3n) is 4.08. The average Bonchev–Trinajstić information content (AvgIpc) is 3.23. The molecular formula is C13H16Cl3N5O7. The van der Waals surface area contributed by atoms with Crippen LogP contribution in [0.15, 0.2) is 11.1 Å². The van der Waals surface area contributed by atoms with Gasteiger partial charge in [-0.05, 0) is 0 Å². The van der Waals surface area contributed by atoms with Gasteiger partial charge < -0.3 is 35.6 Å². The van der Waals surface area contributed by atoms with Gasteiger partial charge in [0.2, 0.25) is 16.0 Å². The monoisotopic (exact) mass is 459 g/mol. The van der Waals surface area contributed by atoms with Gasteiger partial charge in [0.15, 0.2) is 17.4 Å². The summed E-state index contributed by atoms with van der Waals surface area (Å²) < 4.78 is 10.1. The van der Waals surface area contributed by atoms with E-state index in [9.17, 15) is 20.1 Å². The number of hydrogen-bond acceptors (Lipinski definition) is 10. The van der Waals surface area contributed by atoms with Gasteiger partial charge in [-0.25, -0.2) is 4.98 Å². The number of ether oxygens (including phenoxy) is 2. The summed E-state index contributed by atoms with van der Waals surface area (Å²) in [6.07, 6.45) is -8.31. The number of aromatic amines is 1. The number of anilines is 1. The molecule has 3 heterocycles. The summed E-state index contributed by atoms with van der Waals surface area (Å²) in [6.45, 7) is -0.828. The Balaban J connectivity index is 2.04. The number of aromatic nitrogens is 4. The number of hydrogen-bond donors (Lipinski definition) is 6. The fourth-order valence-electron chi connectivity index (χ4n) is 2.73. The van der Waals surface area contributed by atoms with Crippen LogP contribution in [0.25, 0.3) is 11.2 Å². The Hall–Kier alpha value is -1.22. The summed E-state index contributed by atoms with van der Waals surface area (Å²) in [5.74, 6) is -0.205. The van der Waals surface area contributed by atoms with Crippen molar-refractivity contribution in [3.05, 3.63) is 16.7 Å². The number of halogens is 3. The average molecular weight is 461 g/mol. The van der Waals surface area contributed by atoms with Gasteiger partial charge in [0, 0.05) is 0 Å². The molecule has 12 nitrogen and oxygen atoms in total. The molecule has 2 aromatic heterocycles. The van der Waals surface area contributed by atoms with Crippen LogP contribution in [0, 0.1) is 0 Å². The summed E-state index contributed by atoms with van der Waals surface area (Å²) in [7, 11) is 0. The van der Waals surface area contributed by atoms with E-state index < -0.39 is 52.9 Å². The number of alkyl halides is 3. The minimum Gasteiger partial charge on any atom is -0.394 e. The Morgan fingerprint density at radius 3 is 2.61 bits per heavy atom. The highest BCUT2D eigenvalue weighted by Crippen LogP contribution is 2.43. The predicted octanol–water partition coefficient (Wildman–Crippen LogP) is -1.61. The molecule has 2 aromatic rings. The molecule has 0 saturated carbocycles. The van der Waals surface area contributed by atoms with Crippen LogP contribution in [0.5, 0.6) is 0 Å². The SMILES string of the molecule is Nc1nc2c(ncn2[C@H]2O[C@@H](C(Cl)(Cl)Cl)O[C@@H]2[C@H](O)[C@H](O)[C@H](O)CO)c(=O)[nH]1. The van der Waals surface area contributed by atoms with E-state index in [2.05, 4.69) is 15.0 Å². The van der Waals surface area contributed by atoms with Crippen LogP contribution in [-0.4, -0.2) is 81.1 Å². The molecular weight excluding hydrogens is 445 g/mol. The standard InChI is InChI=1S/C13H16Cl3N5O7/c14-13(15,16)11-27-7(6(25)5(24)3(23)1-22)10(28-11)21-2-18-4-8(21)19-12(17)20-9(4)26/h2-3,5-7,10-11,22-25H,1H2,(H3,17,19,20,26)/t3-,5-,6-,7-,10+,11+/m1/s1. The Bertz CT molecular complexity index is 903. The maximum absolute atomic E-state index is 12.0. The molecule has 0 aromatic carbocycles. The first kappa shape index (κ1) is 21.5. The molecule has 7 N–H and O–H groups in total. The first-order valence-corrected chi connectivity index (χ1v) is 8.93. The molecule has 156 valence electrons. The van der Waals surface area contributed by atoms with Crippen molar-refractivity contribution in [2.45, 2.75) is 40.7 Å². The number of fused-ring (bicyclic) bond motifs is 1. The molecule has 0 bridgehead atoms. The smallest absolute Gasteiger partial charge is 0.280 e. The van der Waals surface area contributed by atoms with Crippen LogP contribution in [-0.2, 0) is 9.47 Å². The summed E-state index contributed by atoms with van der Waals surface area (Å²) in [5.41, 5.74) is 4.83. The zero-order valence-corrected chi connectivity index (χ0v) is 16.1. The van der Waals surface area contributed by atoms with Gasteiger partial charge in [0.05, 0.1) is 12.9 Å². The van der Waals surface area contributed by atoms with Gasteiger partial charge in [0.1, 0.15) is 24.4 Å². The van der Waals surface area contributed by atoms with E-state index in [1.54, 1.807) is 0 Å². The number of nitrogen functional groups attached to an aromatic ring is 1. The van der Waals surface area contributed by atoms with Crippen molar-refractivity contribution in [3.63, 3.8) is 0 Å². The first-order valence-electron chi connectivity index (χ1n) is 7.79. The van der Waals surface area contributed by atoms with Crippen molar-refractivity contribution in [1.82, 2.24) is 19.5 Å². The van der Waals surface area contributed by atoms with Crippen LogP contribution in [0.4, 0.5) is 5.95 Å². The number of nitrogens with zero attached hydrogens (tertiary/aromatic N) is 3. The molecule has 0 unspecified atom stereocenters. The first-order chi connectivity index (χ1) is 13.0. The Morgan fingerprint density at radius 2 is 2.00 bits per heavy atom. The molecule has 6 atom stereocenters. The van der Waals surface area contributed by atoms with Crippen LogP contribution in [0.2, 0.25) is 0 Å². The van der Waals surface area contributed by atoms with Gasteiger partial charge in [-0.1, -0.05) is 34.8 Å². The lowest BCUT2D eigenvalue weighted by Gasteiger charge is -2.28. The fourth-order valence-corrected chi connectivity index (χ4v) is 3.04. The van der Waals surface area contributed by atoms with Crippen molar-refractivity contribution in [2.24, 2.45) is 0 Å². The Morgan fingerprint density at radius 1 is 1.32 bits per heavy atom. The van der Waals surface area contributed by atoms with Gasteiger partial charge in [-0.15, -0.1) is 0 Å². The van der Waals surface area contributed by atoms with Gasteiger partial charge in [0.25, 0.3) is 5.56 Å². The second-order valence-corrected chi connectivity index (χ2v) is 8.38. The molecule has 28 heavy (non-hydrogen) atoms. The van der Waals surface area contributed by atoms with Crippen LogP contribution >= 0.6 is 34.8 Å². The van der Waals surface area contributed by atoms with E-state index in [4.69, 9.17) is 55.1 Å². The molecule has 1 saturated heterocycles. The summed E-state index contributed by atoms with van der Waals surface area (Å²) >= 11 is 17.4. The number of nitrogens with one attached hydrogen (secondary N) is 1. The molecule has 0 amide bonds. The number of aliphatic hydroxyl groups excluding tert-OH is 4. The highest BCUT2D eigenvalue weighted by Gasteiger charge is 2.51. The lowest BCUT2D eigenvalue weighted by atomic mass is 10.0. The fraction of sp³-hybridized carbons (Fsp3) is 0.615. The highest BCUT2D eigenvalue weighted by atomic mass is 35.6. The number of imidazole rings is 1. The Kier molecular flexibility index (Phi) is 6.06. The molecule has 15 heteroatoms. The largest absolute Gasteiger partial charge is 0.394 e. The van der Waals surface area contributed by atoms with Crippen molar-refractivity contribution >= 4 is 51.9 Å². The second kappa shape index (κ2) is 7.89. The molecule has 1 aliphatic rings. The molecule has 1 fully saturated rings. The molecule has 3 rings (SSSR count). The van der Waals surface area contributed by atoms with Crippen molar-refractivity contribution in [3.8, 4) is 0 Å². The lowest BCUT2D eigenvalue weighted by Crippen LogP contribution is -2.48. The lowest BCUT2D eigenvalue weighted by molar-refractivity contribution is -0.134. The number of aliphatic hydroxyl groups is 4. The Labute approximate surface area is 171 Å². The molecule has 0 spiro atoms. The van der Waals surface area contributed by atoms with E-state index in [0.29, 0.717) is 0 Å². The van der Waals surface area contributed by atoms with Crippen LogP contribution in [0.3, 0.4) is 0 Å². The van der Waals surface area contributed by atoms with Crippen molar-refractivity contribution in [2.75, 3.05) is 12.3 Å². The van der Waals surface area contributed by atoms with E-state index in [1.165, 1.54) is 4.57 Å². The highest BCUT2D eigenvalue weighted by molar-refractivity contribution is 6.67. The molecule has 1 aliphatic heterocycles. The van der Waals surface area contributed by atoms with Crippen molar-refractivity contribution < 1.29 is 29.9 Å². The summed E-state index contributed by atoms with van der Waals surface area (Å²) in [6, 6.07) is 0. The van der Waals surface area contributed by atoms with Gasteiger partial charge >= 0.3 is 0 Å². The summed E-state index contributed by atoms with van der Waals surface area (Å²) in [5, 5.41) is 39.1. The van der Waals surface area contributed by atoms with E-state index >= 15 is 0 Å². The molecule has 0 aliphatic carbocycles. The van der Waals surface area contributed by atoms with E-state index in [0.717, 1.165) is 6.33 Å². The minimum atomic E-state index is -2.08. The van der Waals surface area contributed by atoms with Crippen LogP contribution < -0.4 is 11.3 Å². The normalized spacial score (nSPS) is 26.5.